The van der Waals surface area contributed by atoms with Gasteiger partial charge in [-0.2, -0.15) is 13.0 Å². The first-order valence-corrected chi connectivity index (χ1v) is 4.65. The molecular weight excluding hydrogens is 445 g/mol. The minimum atomic E-state index is 0. The van der Waals surface area contributed by atoms with Gasteiger partial charge in [0.15, 0.2) is 0 Å². The fourth-order valence-corrected chi connectivity index (χ4v) is 2.41. The maximum atomic E-state index is 5.80. The van der Waals surface area contributed by atoms with Crippen LogP contribution < -0.4 is 24.7 Å². The quantitative estimate of drug-likeness (QED) is 0.277. The van der Waals surface area contributed by atoms with Crippen molar-refractivity contribution >= 4 is 0 Å². The van der Waals surface area contributed by atoms with Crippen molar-refractivity contribution in [2.45, 2.75) is 26.2 Å². The molecule has 0 aromatic rings. The Labute approximate surface area is 107 Å². The van der Waals surface area contributed by atoms with E-state index in [0.717, 1.165) is 26.1 Å². The summed E-state index contributed by atoms with van der Waals surface area (Å²) in [6, 6.07) is 0. The van der Waals surface area contributed by atoms with Crippen LogP contribution in [-0.2, 0) is 4.74 Å². The van der Waals surface area contributed by atoms with Crippen LogP contribution in [0.4, 0.5) is 0 Å². The number of ether oxygens (including phenoxy) is 1. The van der Waals surface area contributed by atoms with Crippen molar-refractivity contribution in [2.75, 3.05) is 19.7 Å². The van der Waals surface area contributed by atoms with Gasteiger partial charge in [0.05, 0.1) is 0 Å². The summed E-state index contributed by atoms with van der Waals surface area (Å²) < 4.78 is 5.53. The Kier molecular flexibility index (Phi) is 10.0. The van der Waals surface area contributed by atoms with E-state index in [-0.39, 0.29) is 33.7 Å². The van der Waals surface area contributed by atoms with E-state index < -0.39 is 0 Å². The van der Waals surface area contributed by atoms with Gasteiger partial charge in [0.25, 0.3) is 0 Å². The monoisotopic (exact) mass is 468 g/mol. The van der Waals surface area contributed by atoms with E-state index in [2.05, 4.69) is 6.92 Å². The Bertz CT molecular complexity index is 181. The molecule has 2 aliphatic heterocycles. The van der Waals surface area contributed by atoms with Gasteiger partial charge in [-0.05, 0) is 18.3 Å². The van der Waals surface area contributed by atoms with Crippen molar-refractivity contribution < 1.29 is 23.6 Å². The van der Waals surface area contributed by atoms with Crippen LogP contribution >= 0.6 is 0 Å². The summed E-state index contributed by atoms with van der Waals surface area (Å²) in [6.45, 7) is 5.00. The summed E-state index contributed by atoms with van der Waals surface area (Å²) in [6.07, 6.45) is 4.79. The molecular formula is C11H23LiLrN2O-2. The Morgan fingerprint density at radius 3 is 2.44 bits per heavy atom. The molecule has 0 bridgehead atoms. The zero-order valence-electron chi connectivity index (χ0n) is 10.9. The fraction of sp³-hybridized carbons (Fsp3) is 0.727. The Hall–Kier alpha value is -0.523. The van der Waals surface area contributed by atoms with Crippen molar-refractivity contribution in [3.05, 3.63) is 21.0 Å². The minimum Gasteiger partial charge on any atom is -0.549 e. The van der Waals surface area contributed by atoms with Crippen molar-refractivity contribution in [1.82, 2.24) is 5.01 Å². The van der Waals surface area contributed by atoms with Gasteiger partial charge in [-0.25, -0.2) is 5.01 Å². The van der Waals surface area contributed by atoms with E-state index in [0.29, 0.717) is 5.41 Å². The van der Waals surface area contributed by atoms with E-state index >= 15 is 0 Å². The third-order valence-corrected chi connectivity index (χ3v) is 2.94. The van der Waals surface area contributed by atoms with Gasteiger partial charge in [-0.15, -0.1) is 6.42 Å². The van der Waals surface area contributed by atoms with E-state index in [9.17, 15) is 0 Å². The Morgan fingerprint density at radius 2 is 2.00 bits per heavy atom. The second-order valence-corrected chi connectivity index (χ2v) is 4.24. The molecule has 0 aliphatic carbocycles. The fourth-order valence-electron chi connectivity index (χ4n) is 2.41. The molecule has 2 saturated heterocycles. The summed E-state index contributed by atoms with van der Waals surface area (Å²) in [7, 11) is 0. The average molecular weight is 468 g/mol. The molecule has 0 aromatic heterocycles. The number of piperidine rings is 1. The van der Waals surface area contributed by atoms with Crippen LogP contribution in [0.25, 0.3) is 0 Å². The van der Waals surface area contributed by atoms with Gasteiger partial charge in [-0.1, -0.05) is 0 Å². The number of rotatable bonds is 0. The standard InChI is InChI=1S/C9H17N2O.2CH3.Li.Lr/c1-8-5-9(7-12-8)3-2-4-11(10)6-9;;;;/h2-7,10H2,1H3;2*1H3;;/q3*-1;+1;. The molecule has 2 fully saturated rings. The number of nitrogens with two attached hydrogens (primary N) is 1. The molecule has 0 aromatic carbocycles. The van der Waals surface area contributed by atoms with E-state index in [1.807, 2.05) is 5.01 Å². The number of nitrogens with zero attached hydrogens (tertiary/aromatic N) is 1. The van der Waals surface area contributed by atoms with Crippen molar-refractivity contribution in [3.8, 4) is 0 Å². The van der Waals surface area contributed by atoms with Crippen LogP contribution in [0, 0.1) is 26.4 Å². The van der Waals surface area contributed by atoms with Gasteiger partial charge in [0.1, 0.15) is 0 Å². The predicted molar refractivity (Wildman–Crippen MR) is 59.7 cm³/mol. The van der Waals surface area contributed by atoms with E-state index in [1.165, 1.54) is 18.9 Å². The van der Waals surface area contributed by atoms with Crippen LogP contribution in [-0.4, -0.2) is 24.7 Å². The minimum absolute atomic E-state index is 0. The normalized spacial score (nSPS) is 29.6. The summed E-state index contributed by atoms with van der Waals surface area (Å²) in [5.74, 6) is 5.80. The maximum Gasteiger partial charge on any atom is 1.00 e. The molecule has 3 nitrogen and oxygen atoms in total. The first-order valence-electron chi connectivity index (χ1n) is 4.65. The third-order valence-electron chi connectivity index (χ3n) is 2.94. The molecule has 2 N–H and O–H groups in total. The zero-order valence-corrected chi connectivity index (χ0v) is 13.1. The Balaban J connectivity index is -0.000000422. The molecule has 0 amide bonds. The summed E-state index contributed by atoms with van der Waals surface area (Å²) >= 11 is 0. The van der Waals surface area contributed by atoms with E-state index in [4.69, 9.17) is 10.6 Å². The first-order chi connectivity index (χ1) is 5.70. The van der Waals surface area contributed by atoms with Gasteiger partial charge in [-0.3, -0.25) is 5.84 Å². The second-order valence-electron chi connectivity index (χ2n) is 4.24. The molecule has 2 heterocycles. The topological polar surface area (TPSA) is 38.5 Å². The number of hydrogen-bond donors (Lipinski definition) is 1. The molecule has 1 atom stereocenters. The molecule has 1 unspecified atom stereocenters. The van der Waals surface area contributed by atoms with Gasteiger partial charge in [0, 0.05) is 19.7 Å². The van der Waals surface area contributed by atoms with Crippen LogP contribution in [0.5, 0.6) is 0 Å². The largest absolute Gasteiger partial charge is 1.00 e. The van der Waals surface area contributed by atoms with Crippen LogP contribution in [0.3, 0.4) is 0 Å². The van der Waals surface area contributed by atoms with Gasteiger partial charge < -0.3 is 19.6 Å². The third kappa shape index (κ3) is 4.15. The first kappa shape index (κ1) is 20.8. The number of hydrazine groups is 1. The van der Waals surface area contributed by atoms with Gasteiger partial charge in [0.2, 0.25) is 0 Å². The molecule has 2 rings (SSSR count). The maximum absolute atomic E-state index is 5.80. The molecule has 101 valence electrons. The van der Waals surface area contributed by atoms with Gasteiger partial charge >= 0.3 is 18.9 Å². The SMILES string of the molecule is C[C-]1CC2(CCCN(N)C2)CO1.[CH3-].[CH3-].[Li+].[Lr]. The molecule has 1 radical (unpaired) electrons. The molecule has 1 spiro atoms. The van der Waals surface area contributed by atoms with Crippen molar-refractivity contribution in [1.29, 1.82) is 0 Å². The predicted octanol–water partition coefficient (Wildman–Crippen LogP) is -1.18. The van der Waals surface area contributed by atoms with Crippen molar-refractivity contribution in [2.24, 2.45) is 11.3 Å². The van der Waals surface area contributed by atoms with Crippen molar-refractivity contribution in [3.63, 3.8) is 0 Å². The van der Waals surface area contributed by atoms with Crippen LogP contribution in [0.1, 0.15) is 26.2 Å². The molecule has 5 heteroatoms. The average Bonchev–Trinajstić information content (AvgIpc) is 2.32. The molecule has 2 aliphatic rings. The molecule has 0 saturated carbocycles. The van der Waals surface area contributed by atoms with Crippen LogP contribution in [0.2, 0.25) is 0 Å². The summed E-state index contributed by atoms with van der Waals surface area (Å²) in [4.78, 5) is 0. The zero-order chi connectivity index (χ0) is 8.60. The van der Waals surface area contributed by atoms with Crippen LogP contribution in [0.15, 0.2) is 0 Å². The second kappa shape index (κ2) is 7.70. The summed E-state index contributed by atoms with van der Waals surface area (Å²) in [5.41, 5.74) is 0.358. The number of hydrogen-bond acceptors (Lipinski definition) is 3. The smallest absolute Gasteiger partial charge is 0.549 e. The Morgan fingerprint density at radius 1 is 1.38 bits per heavy atom. The van der Waals surface area contributed by atoms with E-state index in [1.54, 1.807) is 0 Å². The molecule has 16 heavy (non-hydrogen) atoms. The summed E-state index contributed by atoms with van der Waals surface area (Å²) in [5, 5.41) is 1.94.